The first-order valence-electron chi connectivity index (χ1n) is 9.68. The van der Waals surface area contributed by atoms with E-state index in [-0.39, 0.29) is 5.91 Å². The number of rotatable bonds is 6. The fourth-order valence-corrected chi connectivity index (χ4v) is 3.87. The molecule has 0 aliphatic carbocycles. The average molecular weight is 362 g/mol. The number of imidazole rings is 1. The number of carbonyl (C=O) groups is 1. The average Bonchev–Trinajstić information content (AvgIpc) is 3.30. The zero-order valence-corrected chi connectivity index (χ0v) is 15.8. The predicted octanol–water partition coefficient (Wildman–Crippen LogP) is 3.28. The van der Waals surface area contributed by atoms with Crippen molar-refractivity contribution < 1.29 is 4.79 Å². The van der Waals surface area contributed by atoms with E-state index in [0.717, 1.165) is 37.4 Å². The molecule has 1 amide bonds. The Morgan fingerprint density at radius 1 is 1.19 bits per heavy atom. The van der Waals surface area contributed by atoms with Crippen molar-refractivity contribution in [3.8, 4) is 0 Å². The molecule has 5 nitrogen and oxygen atoms in total. The summed E-state index contributed by atoms with van der Waals surface area (Å²) in [6.45, 7) is 5.98. The van der Waals surface area contributed by atoms with Crippen LogP contribution in [-0.2, 0) is 6.54 Å². The molecule has 1 fully saturated rings. The fraction of sp³-hybridized carbons (Fsp3) is 0.364. The van der Waals surface area contributed by atoms with Crippen LogP contribution in [0.2, 0.25) is 0 Å². The molecule has 1 unspecified atom stereocenters. The fourth-order valence-electron chi connectivity index (χ4n) is 3.87. The molecule has 5 heteroatoms. The Morgan fingerprint density at radius 2 is 2.04 bits per heavy atom. The van der Waals surface area contributed by atoms with Crippen molar-refractivity contribution in [3.63, 3.8) is 0 Å². The van der Waals surface area contributed by atoms with Crippen LogP contribution in [0.25, 0.3) is 5.65 Å². The van der Waals surface area contributed by atoms with Crippen LogP contribution < -0.4 is 5.32 Å². The summed E-state index contributed by atoms with van der Waals surface area (Å²) >= 11 is 0. The number of amides is 1. The van der Waals surface area contributed by atoms with Crippen molar-refractivity contribution in [1.29, 1.82) is 0 Å². The Kier molecular flexibility index (Phi) is 5.21. The van der Waals surface area contributed by atoms with Crippen molar-refractivity contribution >= 4 is 11.6 Å². The monoisotopic (exact) mass is 362 g/mol. The largest absolute Gasteiger partial charge is 0.351 e. The second-order valence-electron chi connectivity index (χ2n) is 7.44. The van der Waals surface area contributed by atoms with Crippen molar-refractivity contribution in [2.24, 2.45) is 5.92 Å². The van der Waals surface area contributed by atoms with Gasteiger partial charge in [0, 0.05) is 31.5 Å². The van der Waals surface area contributed by atoms with Crippen LogP contribution in [0.3, 0.4) is 0 Å². The molecule has 1 aliphatic heterocycles. The first-order chi connectivity index (χ1) is 13.2. The molecule has 1 saturated heterocycles. The van der Waals surface area contributed by atoms with E-state index in [1.165, 1.54) is 12.0 Å². The summed E-state index contributed by atoms with van der Waals surface area (Å²) in [4.78, 5) is 19.3. The van der Waals surface area contributed by atoms with Gasteiger partial charge in [0.1, 0.15) is 11.3 Å². The maximum atomic E-state index is 12.4. The standard InChI is InChI=1S/C22H26N4O/c1-17-6-5-9-21-24-20(16-26(17)21)22(27)23-12-10-19-11-13-25(15-19)14-18-7-3-2-4-8-18/h2-9,16,19H,10-15H2,1H3,(H,23,27). The second kappa shape index (κ2) is 7.92. The summed E-state index contributed by atoms with van der Waals surface area (Å²) in [6.07, 6.45) is 4.04. The van der Waals surface area contributed by atoms with E-state index >= 15 is 0 Å². The van der Waals surface area contributed by atoms with Crippen LogP contribution in [-0.4, -0.2) is 39.8 Å². The molecule has 1 aliphatic rings. The van der Waals surface area contributed by atoms with Crippen LogP contribution in [0.15, 0.2) is 54.7 Å². The number of aryl methyl sites for hydroxylation is 1. The van der Waals surface area contributed by atoms with Gasteiger partial charge >= 0.3 is 0 Å². The number of nitrogens with one attached hydrogen (secondary N) is 1. The first-order valence-corrected chi connectivity index (χ1v) is 9.68. The van der Waals surface area contributed by atoms with E-state index < -0.39 is 0 Å². The van der Waals surface area contributed by atoms with Gasteiger partial charge in [-0.1, -0.05) is 36.4 Å². The molecule has 0 radical (unpaired) electrons. The Labute approximate surface area is 160 Å². The third-order valence-electron chi connectivity index (χ3n) is 5.39. The smallest absolute Gasteiger partial charge is 0.271 e. The van der Waals surface area contributed by atoms with Crippen molar-refractivity contribution in [3.05, 3.63) is 71.7 Å². The van der Waals surface area contributed by atoms with E-state index in [2.05, 4.69) is 45.5 Å². The molecule has 3 aromatic rings. The van der Waals surface area contributed by atoms with Crippen LogP contribution in [0.5, 0.6) is 0 Å². The number of nitrogens with zero attached hydrogens (tertiary/aromatic N) is 3. The SMILES string of the molecule is Cc1cccc2nc(C(=O)NCCC3CCN(Cc4ccccc4)C3)cn12. The van der Waals surface area contributed by atoms with Gasteiger partial charge in [0.2, 0.25) is 0 Å². The highest BCUT2D eigenvalue weighted by Gasteiger charge is 2.22. The molecule has 2 aromatic heterocycles. The van der Waals surface area contributed by atoms with E-state index in [1.807, 2.05) is 35.7 Å². The molecular formula is C22H26N4O. The highest BCUT2D eigenvalue weighted by Crippen LogP contribution is 2.21. The number of hydrogen-bond donors (Lipinski definition) is 1. The van der Waals surface area contributed by atoms with Crippen molar-refractivity contribution in [1.82, 2.24) is 19.6 Å². The molecule has 1 aromatic carbocycles. The zero-order valence-electron chi connectivity index (χ0n) is 15.8. The lowest BCUT2D eigenvalue weighted by atomic mass is 10.1. The number of pyridine rings is 1. The highest BCUT2D eigenvalue weighted by atomic mass is 16.1. The Bertz CT molecular complexity index is 918. The number of benzene rings is 1. The van der Waals surface area contributed by atoms with Gasteiger partial charge in [0.25, 0.3) is 5.91 Å². The Balaban J connectivity index is 1.25. The van der Waals surface area contributed by atoms with Gasteiger partial charge in [-0.3, -0.25) is 9.69 Å². The molecule has 27 heavy (non-hydrogen) atoms. The van der Waals surface area contributed by atoms with Gasteiger partial charge in [0.05, 0.1) is 0 Å². The minimum Gasteiger partial charge on any atom is -0.351 e. The predicted molar refractivity (Wildman–Crippen MR) is 107 cm³/mol. The number of hydrogen-bond acceptors (Lipinski definition) is 3. The molecule has 0 saturated carbocycles. The number of likely N-dealkylation sites (tertiary alicyclic amines) is 1. The highest BCUT2D eigenvalue weighted by molar-refractivity contribution is 5.92. The molecule has 1 N–H and O–H groups in total. The minimum atomic E-state index is -0.0859. The number of carbonyl (C=O) groups excluding carboxylic acids is 1. The molecule has 4 rings (SSSR count). The van der Waals surface area contributed by atoms with E-state index in [4.69, 9.17) is 0 Å². The van der Waals surface area contributed by atoms with Crippen LogP contribution in [0, 0.1) is 12.8 Å². The number of fused-ring (bicyclic) bond motifs is 1. The summed E-state index contributed by atoms with van der Waals surface area (Å²) in [6, 6.07) is 16.5. The normalized spacial score (nSPS) is 17.4. The zero-order chi connectivity index (χ0) is 18.6. The molecule has 1 atom stereocenters. The van der Waals surface area contributed by atoms with E-state index in [1.54, 1.807) is 0 Å². The summed E-state index contributed by atoms with van der Waals surface area (Å²) in [7, 11) is 0. The van der Waals surface area contributed by atoms with Crippen molar-refractivity contribution in [2.75, 3.05) is 19.6 Å². The molecule has 3 heterocycles. The number of aromatic nitrogens is 2. The van der Waals surface area contributed by atoms with E-state index in [0.29, 0.717) is 18.2 Å². The molecule has 140 valence electrons. The van der Waals surface area contributed by atoms with Gasteiger partial charge in [-0.25, -0.2) is 4.98 Å². The topological polar surface area (TPSA) is 49.6 Å². The lowest BCUT2D eigenvalue weighted by Gasteiger charge is -2.16. The third kappa shape index (κ3) is 4.19. The Hall–Kier alpha value is -2.66. The van der Waals surface area contributed by atoms with Crippen LogP contribution in [0.1, 0.15) is 34.6 Å². The first kappa shape index (κ1) is 17.7. The summed E-state index contributed by atoms with van der Waals surface area (Å²) < 4.78 is 1.95. The quantitative estimate of drug-likeness (QED) is 0.732. The maximum absolute atomic E-state index is 12.4. The minimum absolute atomic E-state index is 0.0859. The van der Waals surface area contributed by atoms with Gasteiger partial charge in [-0.05, 0) is 49.9 Å². The molecule has 0 spiro atoms. The summed E-state index contributed by atoms with van der Waals surface area (Å²) in [5.41, 5.74) is 3.74. The lowest BCUT2D eigenvalue weighted by Crippen LogP contribution is -2.27. The maximum Gasteiger partial charge on any atom is 0.271 e. The van der Waals surface area contributed by atoms with E-state index in [9.17, 15) is 4.79 Å². The lowest BCUT2D eigenvalue weighted by molar-refractivity contribution is 0.0947. The van der Waals surface area contributed by atoms with Crippen LogP contribution in [0.4, 0.5) is 0 Å². The van der Waals surface area contributed by atoms with Gasteiger partial charge in [-0.2, -0.15) is 0 Å². The third-order valence-corrected chi connectivity index (χ3v) is 5.39. The Morgan fingerprint density at radius 3 is 2.85 bits per heavy atom. The molecule has 0 bridgehead atoms. The van der Waals surface area contributed by atoms with Crippen LogP contribution >= 0.6 is 0 Å². The van der Waals surface area contributed by atoms with Gasteiger partial charge in [0.15, 0.2) is 0 Å². The van der Waals surface area contributed by atoms with Gasteiger partial charge < -0.3 is 9.72 Å². The summed E-state index contributed by atoms with van der Waals surface area (Å²) in [5.74, 6) is 0.564. The second-order valence-corrected chi connectivity index (χ2v) is 7.44. The van der Waals surface area contributed by atoms with Gasteiger partial charge in [-0.15, -0.1) is 0 Å². The molecular weight excluding hydrogens is 336 g/mol. The summed E-state index contributed by atoms with van der Waals surface area (Å²) in [5, 5.41) is 3.04. The van der Waals surface area contributed by atoms with Crippen molar-refractivity contribution in [2.45, 2.75) is 26.3 Å².